The summed E-state index contributed by atoms with van der Waals surface area (Å²) in [5.74, 6) is 0.396. The van der Waals surface area contributed by atoms with Crippen molar-refractivity contribution in [3.05, 3.63) is 47.0 Å². The topological polar surface area (TPSA) is 67.5 Å². The molecular weight excluding hydrogens is 433 g/mol. The largest absolute Gasteiger partial charge is 0.434 e. The van der Waals surface area contributed by atoms with Gasteiger partial charge in [0.05, 0.1) is 5.56 Å². The van der Waals surface area contributed by atoms with Crippen LogP contribution in [0.3, 0.4) is 0 Å². The second kappa shape index (κ2) is 8.07. The molecule has 0 atom stereocenters. The van der Waals surface area contributed by atoms with Crippen LogP contribution in [0.5, 0.6) is 0 Å². The molecule has 0 bridgehead atoms. The van der Waals surface area contributed by atoms with Gasteiger partial charge in [0.15, 0.2) is 10.8 Å². The molecule has 0 saturated heterocycles. The minimum atomic E-state index is -4.49. The molecule has 11 heteroatoms. The van der Waals surface area contributed by atoms with Gasteiger partial charge in [-0.3, -0.25) is 13.9 Å². The number of alkyl halides is 3. The SMILES string of the molecule is Cn1cc(C(=O)N[C@H]2CC[C@@H](N(C)c3cccc4nc(C(F)(F)F)cn34)CC2)c(Cl)n1. The molecule has 0 unspecified atom stereocenters. The average molecular weight is 455 g/mol. The molecule has 3 aromatic heterocycles. The van der Waals surface area contributed by atoms with Crippen LogP contribution >= 0.6 is 11.6 Å². The number of anilines is 1. The number of aryl methyl sites for hydroxylation is 1. The standard InChI is InChI=1S/C20H22ClF3N6O/c1-28-10-14(18(21)27-28)19(31)25-12-6-8-13(9-7-12)29(2)17-5-3-4-16-26-15(11-30(16)17)20(22,23)24/h3-5,10-13H,6-9H2,1-2H3,(H,25,31)/t12-,13+. The number of carbonyl (C=O) groups excluding carboxylic acids is 1. The molecule has 3 heterocycles. The summed E-state index contributed by atoms with van der Waals surface area (Å²) < 4.78 is 42.2. The van der Waals surface area contributed by atoms with E-state index in [9.17, 15) is 18.0 Å². The zero-order chi connectivity index (χ0) is 22.3. The fraction of sp³-hybridized carbons (Fsp3) is 0.450. The van der Waals surface area contributed by atoms with Crippen LogP contribution in [0.4, 0.5) is 19.0 Å². The minimum Gasteiger partial charge on any atom is -0.358 e. The Bertz CT molecular complexity index is 1100. The molecule has 1 aliphatic carbocycles. The van der Waals surface area contributed by atoms with E-state index in [1.54, 1.807) is 31.4 Å². The third-order valence-corrected chi connectivity index (χ3v) is 6.01. The summed E-state index contributed by atoms with van der Waals surface area (Å²) in [6, 6.07) is 5.19. The van der Waals surface area contributed by atoms with Crippen molar-refractivity contribution >= 4 is 29.0 Å². The predicted molar refractivity (Wildman–Crippen MR) is 110 cm³/mol. The minimum absolute atomic E-state index is 0.00860. The molecule has 3 aromatic rings. The number of hydrogen-bond donors (Lipinski definition) is 1. The zero-order valence-corrected chi connectivity index (χ0v) is 17.8. The van der Waals surface area contributed by atoms with Gasteiger partial charge in [-0.15, -0.1) is 0 Å². The smallest absolute Gasteiger partial charge is 0.358 e. The first kappa shape index (κ1) is 21.5. The van der Waals surface area contributed by atoms with Crippen LogP contribution in [0.2, 0.25) is 5.15 Å². The Morgan fingerprint density at radius 2 is 1.94 bits per heavy atom. The number of carbonyl (C=O) groups is 1. The summed E-state index contributed by atoms with van der Waals surface area (Å²) in [5.41, 5.74) is -0.310. The number of rotatable bonds is 4. The van der Waals surface area contributed by atoms with Gasteiger partial charge in [0.2, 0.25) is 0 Å². The fourth-order valence-electron chi connectivity index (χ4n) is 4.09. The summed E-state index contributed by atoms with van der Waals surface area (Å²) in [7, 11) is 3.57. The Balaban J connectivity index is 1.43. The summed E-state index contributed by atoms with van der Waals surface area (Å²) in [6.45, 7) is 0. The van der Waals surface area contributed by atoms with Crippen molar-refractivity contribution in [3.8, 4) is 0 Å². The van der Waals surface area contributed by atoms with Gasteiger partial charge in [-0.05, 0) is 37.8 Å². The Morgan fingerprint density at radius 3 is 2.55 bits per heavy atom. The first-order valence-electron chi connectivity index (χ1n) is 9.91. The van der Waals surface area contributed by atoms with Gasteiger partial charge in [0.25, 0.3) is 5.91 Å². The summed E-state index contributed by atoms with van der Waals surface area (Å²) in [6.07, 6.45) is 1.22. The summed E-state index contributed by atoms with van der Waals surface area (Å²) in [5, 5.41) is 7.14. The maximum absolute atomic E-state index is 13.1. The number of pyridine rings is 1. The highest BCUT2D eigenvalue weighted by Gasteiger charge is 2.34. The number of nitrogens with zero attached hydrogens (tertiary/aromatic N) is 5. The second-order valence-electron chi connectivity index (χ2n) is 7.83. The van der Waals surface area contributed by atoms with Crippen LogP contribution < -0.4 is 10.2 Å². The highest BCUT2D eigenvalue weighted by Crippen LogP contribution is 2.31. The van der Waals surface area contributed by atoms with Crippen LogP contribution in [-0.2, 0) is 13.2 Å². The number of amides is 1. The molecule has 4 rings (SSSR count). The quantitative estimate of drug-likeness (QED) is 0.649. The van der Waals surface area contributed by atoms with Crippen molar-refractivity contribution < 1.29 is 18.0 Å². The first-order valence-corrected chi connectivity index (χ1v) is 10.3. The maximum Gasteiger partial charge on any atom is 0.434 e. The molecule has 0 spiro atoms. The Morgan fingerprint density at radius 1 is 1.23 bits per heavy atom. The fourth-order valence-corrected chi connectivity index (χ4v) is 4.35. The molecule has 0 radical (unpaired) electrons. The van der Waals surface area contributed by atoms with Crippen molar-refractivity contribution in [1.82, 2.24) is 24.5 Å². The Labute approximate surface area is 181 Å². The first-order chi connectivity index (χ1) is 14.6. The lowest BCUT2D eigenvalue weighted by molar-refractivity contribution is -0.140. The van der Waals surface area contributed by atoms with Gasteiger partial charge >= 0.3 is 6.18 Å². The lowest BCUT2D eigenvalue weighted by atomic mass is 9.90. The zero-order valence-electron chi connectivity index (χ0n) is 17.0. The highest BCUT2D eigenvalue weighted by molar-refractivity contribution is 6.32. The van der Waals surface area contributed by atoms with Crippen LogP contribution in [0.15, 0.2) is 30.6 Å². The average Bonchev–Trinajstić information content (AvgIpc) is 3.30. The molecule has 7 nitrogen and oxygen atoms in total. The Hall–Kier alpha value is -2.75. The molecule has 166 valence electrons. The van der Waals surface area contributed by atoms with E-state index in [2.05, 4.69) is 15.4 Å². The molecule has 1 aliphatic rings. The van der Waals surface area contributed by atoms with Crippen LogP contribution in [-0.4, -0.2) is 44.2 Å². The van der Waals surface area contributed by atoms with Crippen LogP contribution in [0, 0.1) is 0 Å². The van der Waals surface area contributed by atoms with Crippen molar-refractivity contribution in [2.24, 2.45) is 7.05 Å². The van der Waals surface area contributed by atoms with Gasteiger partial charge in [0, 0.05) is 38.6 Å². The van der Waals surface area contributed by atoms with E-state index in [0.29, 0.717) is 11.4 Å². The molecule has 1 N–H and O–H groups in total. The summed E-state index contributed by atoms with van der Waals surface area (Å²) >= 11 is 5.99. The van der Waals surface area contributed by atoms with E-state index >= 15 is 0 Å². The van der Waals surface area contributed by atoms with Crippen LogP contribution in [0.1, 0.15) is 41.7 Å². The van der Waals surface area contributed by atoms with Crippen molar-refractivity contribution in [2.45, 2.75) is 43.9 Å². The lowest BCUT2D eigenvalue weighted by Gasteiger charge is -2.36. The Kier molecular flexibility index (Phi) is 5.59. The van der Waals surface area contributed by atoms with E-state index in [0.717, 1.165) is 31.9 Å². The number of fused-ring (bicyclic) bond motifs is 1. The molecule has 31 heavy (non-hydrogen) atoms. The van der Waals surface area contributed by atoms with Crippen molar-refractivity contribution in [1.29, 1.82) is 0 Å². The van der Waals surface area contributed by atoms with Crippen molar-refractivity contribution in [2.75, 3.05) is 11.9 Å². The maximum atomic E-state index is 13.1. The normalized spacial score (nSPS) is 19.5. The molecule has 1 saturated carbocycles. The number of hydrogen-bond acceptors (Lipinski definition) is 4. The molecule has 0 aromatic carbocycles. The lowest BCUT2D eigenvalue weighted by Crippen LogP contribution is -2.43. The van der Waals surface area contributed by atoms with Gasteiger partial charge in [0.1, 0.15) is 11.5 Å². The number of halogens is 4. The van der Waals surface area contributed by atoms with E-state index in [1.165, 1.54) is 9.08 Å². The monoisotopic (exact) mass is 454 g/mol. The third kappa shape index (κ3) is 4.34. The van der Waals surface area contributed by atoms with Crippen LogP contribution in [0.25, 0.3) is 5.65 Å². The van der Waals surface area contributed by atoms with E-state index in [1.807, 2.05) is 11.9 Å². The second-order valence-corrected chi connectivity index (χ2v) is 8.19. The van der Waals surface area contributed by atoms with E-state index in [-0.39, 0.29) is 28.8 Å². The molecule has 1 amide bonds. The van der Waals surface area contributed by atoms with Crippen molar-refractivity contribution in [3.63, 3.8) is 0 Å². The molecular formula is C20H22ClF3N6O. The van der Waals surface area contributed by atoms with E-state index < -0.39 is 11.9 Å². The highest BCUT2D eigenvalue weighted by atomic mass is 35.5. The van der Waals surface area contributed by atoms with E-state index in [4.69, 9.17) is 11.6 Å². The summed E-state index contributed by atoms with van der Waals surface area (Å²) in [4.78, 5) is 18.1. The molecule has 1 fully saturated rings. The number of aromatic nitrogens is 4. The predicted octanol–water partition coefficient (Wildman–Crippen LogP) is 3.92. The number of nitrogens with one attached hydrogen (secondary N) is 1. The van der Waals surface area contributed by atoms with Gasteiger partial charge < -0.3 is 10.2 Å². The third-order valence-electron chi connectivity index (χ3n) is 5.73. The van der Waals surface area contributed by atoms with Gasteiger partial charge in [-0.2, -0.15) is 18.3 Å². The molecule has 0 aliphatic heterocycles. The number of imidazole rings is 1. The van der Waals surface area contributed by atoms with Gasteiger partial charge in [-0.25, -0.2) is 4.98 Å². The van der Waals surface area contributed by atoms with Gasteiger partial charge in [-0.1, -0.05) is 17.7 Å².